The fraction of sp³-hybridized carbons (Fsp3) is 0.214. The zero-order valence-corrected chi connectivity index (χ0v) is 22.1. The third-order valence-corrected chi connectivity index (χ3v) is 7.47. The maximum absolute atomic E-state index is 12.7. The van der Waals surface area contributed by atoms with Crippen molar-refractivity contribution in [3.05, 3.63) is 78.6 Å². The van der Waals surface area contributed by atoms with Crippen molar-refractivity contribution in [3.8, 4) is 34.8 Å². The number of nitrogens with one attached hydrogen (secondary N) is 1. The first-order valence-corrected chi connectivity index (χ1v) is 14.3. The number of rotatable bonds is 10. The van der Waals surface area contributed by atoms with Crippen LogP contribution in [0.2, 0.25) is 0 Å². The largest absolute Gasteiger partial charge is 0.257 e. The molecule has 10 nitrogen and oxygen atoms in total. The molecular weight excluding hydrogens is 512 g/mol. The van der Waals surface area contributed by atoms with Gasteiger partial charge in [-0.3, -0.25) is 4.72 Å². The molecule has 0 unspecified atom stereocenters. The number of hydrogen-bond donors (Lipinski definition) is 1. The molecule has 0 atom stereocenters. The summed E-state index contributed by atoms with van der Waals surface area (Å²) in [5.74, 6) is 0.807. The summed E-state index contributed by atoms with van der Waals surface area (Å²) in [5, 5.41) is 15.5. The van der Waals surface area contributed by atoms with E-state index in [1.807, 2.05) is 42.5 Å². The van der Waals surface area contributed by atoms with Gasteiger partial charge in [-0.25, -0.2) is 13.4 Å². The third kappa shape index (κ3) is 6.08. The molecular formula is C28H26N8O2S. The minimum atomic E-state index is -3.65. The topological polar surface area (TPSA) is 139 Å². The van der Waals surface area contributed by atoms with Gasteiger partial charge in [-0.2, -0.15) is 30.0 Å². The lowest BCUT2D eigenvalue weighted by Gasteiger charge is -2.11. The van der Waals surface area contributed by atoms with E-state index in [4.69, 9.17) is 4.98 Å². The van der Waals surface area contributed by atoms with Crippen LogP contribution in [0.25, 0.3) is 39.5 Å². The molecule has 0 saturated heterocycles. The summed E-state index contributed by atoms with van der Waals surface area (Å²) in [6.45, 7) is 2.07. The lowest BCUT2D eigenvalue weighted by atomic mass is 10.1. The van der Waals surface area contributed by atoms with Crippen molar-refractivity contribution in [2.45, 2.75) is 32.6 Å². The van der Waals surface area contributed by atoms with Crippen molar-refractivity contribution in [3.63, 3.8) is 0 Å². The highest BCUT2D eigenvalue weighted by atomic mass is 32.2. The van der Waals surface area contributed by atoms with Gasteiger partial charge in [-0.05, 0) is 47.5 Å². The van der Waals surface area contributed by atoms with Gasteiger partial charge in [0, 0.05) is 11.1 Å². The van der Waals surface area contributed by atoms with Crippen LogP contribution in [0.5, 0.6) is 0 Å². The summed E-state index contributed by atoms with van der Waals surface area (Å²) in [7, 11) is -3.65. The van der Waals surface area contributed by atoms with E-state index in [0.29, 0.717) is 29.2 Å². The maximum atomic E-state index is 12.7. The molecule has 2 aromatic heterocycles. The Balaban J connectivity index is 1.56. The smallest absolute Gasteiger partial charge is 0.251 e. The number of unbranched alkanes of at least 4 members (excludes halogenated alkanes) is 3. The minimum Gasteiger partial charge on any atom is -0.251 e. The summed E-state index contributed by atoms with van der Waals surface area (Å²) in [6.07, 6.45) is 4.63. The van der Waals surface area contributed by atoms with Gasteiger partial charge in [0.05, 0.1) is 17.4 Å². The van der Waals surface area contributed by atoms with Gasteiger partial charge < -0.3 is 0 Å². The van der Waals surface area contributed by atoms with Crippen molar-refractivity contribution in [2.24, 2.45) is 0 Å². The zero-order chi connectivity index (χ0) is 27.2. The Morgan fingerprint density at radius 2 is 1.59 bits per heavy atom. The number of nitriles is 1. The molecule has 5 aromatic rings. The van der Waals surface area contributed by atoms with Gasteiger partial charge in [-0.1, -0.05) is 62.6 Å². The van der Waals surface area contributed by atoms with Crippen molar-refractivity contribution in [1.82, 2.24) is 29.7 Å². The van der Waals surface area contributed by atoms with Crippen LogP contribution in [0.3, 0.4) is 0 Å². The Morgan fingerprint density at radius 3 is 2.33 bits per heavy atom. The standard InChI is InChI=1S/C28H26N8O2S/c1-2-3-4-7-16-39(37,38)35-27-30-19-31-36(27)28-33-25(22-12-10-20(18-29)11-13-22)32-26(34-28)24-15-14-21-8-5-6-9-23(21)17-24/h5-6,8-15,17,19H,2-4,7,16H2,1H3,(H,30,31,35). The molecule has 0 aliphatic rings. The summed E-state index contributed by atoms with van der Waals surface area (Å²) < 4.78 is 29.2. The number of sulfonamides is 1. The molecule has 0 aliphatic heterocycles. The van der Waals surface area contributed by atoms with Crippen LogP contribution >= 0.6 is 0 Å². The first-order chi connectivity index (χ1) is 19.0. The maximum Gasteiger partial charge on any atom is 0.257 e. The molecule has 0 fully saturated rings. The third-order valence-electron chi connectivity index (χ3n) is 6.15. The van der Waals surface area contributed by atoms with Crippen LogP contribution in [0, 0.1) is 11.3 Å². The number of hydrogen-bond acceptors (Lipinski definition) is 8. The molecule has 5 rings (SSSR count). The van der Waals surface area contributed by atoms with Crippen LogP contribution < -0.4 is 4.72 Å². The van der Waals surface area contributed by atoms with Crippen LogP contribution in [0.15, 0.2) is 73.1 Å². The molecule has 3 aromatic carbocycles. The molecule has 39 heavy (non-hydrogen) atoms. The lowest BCUT2D eigenvalue weighted by molar-refractivity contribution is 0.593. The summed E-state index contributed by atoms with van der Waals surface area (Å²) >= 11 is 0. The van der Waals surface area contributed by atoms with Gasteiger partial charge in [0.25, 0.3) is 5.95 Å². The first-order valence-electron chi connectivity index (χ1n) is 12.6. The SMILES string of the molecule is CCCCCCS(=O)(=O)Nc1ncnn1-c1nc(-c2ccc(C#N)cc2)nc(-c2ccc3ccccc3c2)n1. The minimum absolute atomic E-state index is 0.00747. The normalized spacial score (nSPS) is 11.4. The van der Waals surface area contributed by atoms with Gasteiger partial charge in [0.15, 0.2) is 11.6 Å². The molecule has 0 aliphatic carbocycles. The van der Waals surface area contributed by atoms with E-state index in [1.54, 1.807) is 24.3 Å². The monoisotopic (exact) mass is 538 g/mol. The molecule has 11 heteroatoms. The van der Waals surface area contributed by atoms with Gasteiger partial charge in [0.1, 0.15) is 6.33 Å². The fourth-order valence-electron chi connectivity index (χ4n) is 4.11. The van der Waals surface area contributed by atoms with Gasteiger partial charge in [-0.15, -0.1) is 0 Å². The molecule has 0 saturated carbocycles. The van der Waals surface area contributed by atoms with Crippen LogP contribution in [0.1, 0.15) is 38.2 Å². The predicted molar refractivity (Wildman–Crippen MR) is 149 cm³/mol. The van der Waals surface area contributed by atoms with Crippen molar-refractivity contribution < 1.29 is 8.42 Å². The zero-order valence-electron chi connectivity index (χ0n) is 21.3. The van der Waals surface area contributed by atoms with E-state index in [2.05, 4.69) is 37.8 Å². The quantitative estimate of drug-likeness (QED) is 0.241. The fourth-order valence-corrected chi connectivity index (χ4v) is 5.21. The summed E-state index contributed by atoms with van der Waals surface area (Å²) in [4.78, 5) is 18.0. The number of anilines is 1. The molecule has 0 amide bonds. The number of benzene rings is 3. The lowest BCUT2D eigenvalue weighted by Crippen LogP contribution is -2.20. The highest BCUT2D eigenvalue weighted by Crippen LogP contribution is 2.26. The highest BCUT2D eigenvalue weighted by Gasteiger charge is 2.19. The van der Waals surface area contributed by atoms with E-state index >= 15 is 0 Å². The Labute approximate surface area is 226 Å². The molecule has 2 heterocycles. The van der Waals surface area contributed by atoms with Crippen LogP contribution in [-0.2, 0) is 10.0 Å². The van der Waals surface area contributed by atoms with Crippen LogP contribution in [-0.4, -0.2) is 43.9 Å². The molecule has 1 N–H and O–H groups in total. The summed E-state index contributed by atoms with van der Waals surface area (Å²) in [6, 6.07) is 22.8. The Morgan fingerprint density at radius 1 is 0.872 bits per heavy atom. The van der Waals surface area contributed by atoms with Crippen molar-refractivity contribution in [1.29, 1.82) is 5.26 Å². The van der Waals surface area contributed by atoms with Crippen molar-refractivity contribution in [2.75, 3.05) is 10.5 Å². The average molecular weight is 539 g/mol. The van der Waals surface area contributed by atoms with E-state index < -0.39 is 10.0 Å². The molecule has 196 valence electrons. The number of fused-ring (bicyclic) bond motifs is 1. The summed E-state index contributed by atoms with van der Waals surface area (Å²) in [5.41, 5.74) is 1.93. The predicted octanol–water partition coefficient (Wildman–Crippen LogP) is 5.13. The first kappa shape index (κ1) is 25.9. The Hall–Kier alpha value is -4.69. The number of nitrogens with zero attached hydrogens (tertiary/aromatic N) is 7. The van der Waals surface area contributed by atoms with Crippen LogP contribution in [0.4, 0.5) is 5.95 Å². The second kappa shape index (κ2) is 11.4. The Kier molecular flexibility index (Phi) is 7.56. The second-order valence-electron chi connectivity index (χ2n) is 9.01. The van der Waals surface area contributed by atoms with E-state index in [9.17, 15) is 13.7 Å². The molecule has 0 spiro atoms. The van der Waals surface area contributed by atoms with Gasteiger partial charge >= 0.3 is 0 Å². The average Bonchev–Trinajstić information content (AvgIpc) is 3.42. The molecule has 0 radical (unpaired) electrons. The van der Waals surface area contributed by atoms with Gasteiger partial charge in [0.2, 0.25) is 16.0 Å². The van der Waals surface area contributed by atoms with E-state index in [-0.39, 0.29) is 17.6 Å². The Bertz CT molecular complexity index is 1760. The highest BCUT2D eigenvalue weighted by molar-refractivity contribution is 7.92. The molecule has 0 bridgehead atoms. The van der Waals surface area contributed by atoms with E-state index in [0.717, 1.165) is 35.6 Å². The van der Waals surface area contributed by atoms with Crippen molar-refractivity contribution >= 4 is 26.7 Å². The van der Waals surface area contributed by atoms with E-state index in [1.165, 1.54) is 11.0 Å². The second-order valence-corrected chi connectivity index (χ2v) is 10.9. The number of aromatic nitrogens is 6.